The van der Waals surface area contributed by atoms with Gasteiger partial charge < -0.3 is 394 Å². The van der Waals surface area contributed by atoms with Crippen molar-refractivity contribution in [3.05, 3.63) is 0 Å². The van der Waals surface area contributed by atoms with Crippen molar-refractivity contribution in [2.45, 2.75) is 0 Å². The fourth-order valence-corrected chi connectivity index (χ4v) is 2.06. The number of morpholine rings is 2. The number of hydrogen-bond donors (Lipinski definition) is 8. The van der Waals surface area contributed by atoms with Crippen LogP contribution in [0, 0.1) is 0 Å². The summed E-state index contributed by atoms with van der Waals surface area (Å²) in [4.78, 5) is 5.30. The second-order valence-electron chi connectivity index (χ2n) is 5.13. The van der Waals surface area contributed by atoms with Crippen molar-refractivity contribution in [1.29, 1.82) is 0 Å². The summed E-state index contributed by atoms with van der Waals surface area (Å²) in [6.45, 7) is 5.83. The summed E-state index contributed by atoms with van der Waals surface area (Å²) >= 11 is 0. The van der Waals surface area contributed by atoms with Gasteiger partial charge in [-0.05, 0) is 0 Å². The number of halogens is 1. The van der Waals surface area contributed by atoms with E-state index in [0.717, 1.165) is 26.2 Å². The molecule has 2 aliphatic rings. The van der Waals surface area contributed by atoms with Gasteiger partial charge >= 0.3 is 177 Å². The van der Waals surface area contributed by atoms with E-state index in [1.807, 2.05) is 9.15 Å². The number of rotatable bonds is 0. The Morgan fingerprint density at radius 3 is 0.306 bits per heavy atom. The Morgan fingerprint density at radius 1 is 0.189 bits per heavy atom. The van der Waals surface area contributed by atoms with E-state index < -0.39 is 0 Å². The van der Waals surface area contributed by atoms with Crippen LogP contribution < -0.4 is 175 Å². The van der Waals surface area contributed by atoms with Crippen LogP contribution in [0.2, 0.25) is 0 Å². The zero-order chi connectivity index (χ0) is 17.9. The molecule has 2 rings (SSSR count). The molecule has 0 aliphatic carbocycles. The first kappa shape index (κ1) is 1600. The molecule has 0 aromatic carbocycles. The minimum Gasteiger partial charge on any atom is -2.00 e. The van der Waals surface area contributed by atoms with Crippen LogP contribution >= 0.6 is 0 Å². The summed E-state index contributed by atoms with van der Waals surface area (Å²) in [5.41, 5.74) is 32.2. The molecule has 66 N–H and O–H groups in total. The molecule has 2 fully saturated rings. The van der Waals surface area contributed by atoms with Crippen molar-refractivity contribution in [2.24, 2.45) is 34.4 Å². The average molecular weight is 2820 g/mol. The molecule has 0 amide bonds. The minimum atomic E-state index is 0. The number of hydrogen-bond acceptors (Lipinski definition) is 14. The van der Waals surface area contributed by atoms with E-state index in [1.54, 1.807) is 0 Å². The first-order valence-corrected chi connectivity index (χ1v) is 7.60. The molecule has 2 heterocycles. The Labute approximate surface area is 917 Å². The molecule has 0 aromatic rings. The van der Waals surface area contributed by atoms with Crippen LogP contribution in [0.1, 0.15) is 0 Å². The zero-order valence-corrected chi connectivity index (χ0v) is 89.5. The fourth-order valence-electron chi connectivity index (χ4n) is 2.06. The van der Waals surface area contributed by atoms with Crippen LogP contribution in [0.25, 0.3) is 0 Å². The van der Waals surface area contributed by atoms with Crippen LogP contribution in [-0.4, -0.2) is 296 Å². The van der Waals surface area contributed by atoms with Crippen LogP contribution in [0.15, 0.2) is 0 Å². The summed E-state index contributed by atoms with van der Waals surface area (Å²) in [6, 6.07) is 0. The van der Waals surface area contributed by atoms with Gasteiger partial charge in [-0.3, -0.25) is 34.4 Å². The van der Waals surface area contributed by atoms with E-state index in [9.17, 15) is 0 Å². The Balaban J connectivity index is -0.000000000684. The summed E-state index contributed by atoms with van der Waals surface area (Å²) in [7, 11) is 0. The molecule has 0 atom stereocenters. The molecule has 111 heavy (non-hydrogen) atoms. The molecule has 0 unspecified atom stereocenters. The Kier molecular flexibility index (Phi) is 16000. The number of guanidine groups is 4. The Bertz CT molecular complexity index is 632. The summed E-state index contributed by atoms with van der Waals surface area (Å²) < 4.78 is 14.2. The van der Waals surface area contributed by atoms with Gasteiger partial charge in [0, 0.05) is 253 Å². The van der Waals surface area contributed by atoms with Gasteiger partial charge in [-0.1, -0.05) is 0 Å². The molecule has 0 bridgehead atoms. The largest absolute Gasteiger partial charge is 3.00 e. The van der Waals surface area contributed by atoms with Crippen molar-refractivity contribution in [3.63, 3.8) is 0 Å². The standard InChI is InChI=1S/2C6H13N5O.2Al.ClH.12Mo.4Na.32H2O.36O/c2*7-5(8)10-6(9)11-1-3-12-4-2-11;;;;;;;;;;;;;;;;;;;;;;;;;;;;;;;;;;;;;;;;;;;;;;;;;;;;;;;;;;;;;;;;;;;;;;;;;;;;;;;;;;;;;;;/h2*1-4H2,(H5,7,8,9,10);;;1H;;;;;;;;;;;;;;;;;32*1H2;;;;;;;;;;;;;;;;;;;;;;;;;;;;;;;;;;;;/q;;2*+3;;;;;;;;;;;;;;4*+1;;;;;;;;;;;;;;;;;;;;;;;;;;;;;;;;;36*-2/p-9. The van der Waals surface area contributed by atoms with Crippen molar-refractivity contribution < 1.29 is 784 Å². The average Bonchev–Trinajstić information content (AvgIpc) is 2.56. The molecule has 0 saturated carbocycles. The van der Waals surface area contributed by atoms with Gasteiger partial charge in [-0.2, -0.15) is 9.98 Å². The van der Waals surface area contributed by atoms with E-state index in [2.05, 4.69) is 9.98 Å². The number of nitrogens with two attached hydrogens (primary N) is 6. The fraction of sp³-hybridized carbons (Fsp3) is 0.667. The van der Waals surface area contributed by atoms with Gasteiger partial charge in [-0.15, -0.1) is 0 Å². The van der Waals surface area contributed by atoms with Crippen LogP contribution in [0.3, 0.4) is 0 Å². The molecule has 99 heteroatoms. The summed E-state index contributed by atoms with van der Waals surface area (Å²) in [5, 5.41) is 0. The second-order valence-corrected chi connectivity index (χ2v) is 5.13. The Morgan fingerprint density at radius 2 is 0.252 bits per heavy atom. The summed E-state index contributed by atoms with van der Waals surface area (Å²) in [6.07, 6.45) is 0. The number of nitrogens with one attached hydrogen (secondary N) is 2. The molecule has 760 valence electrons. The predicted molar refractivity (Wildman–Crippen MR) is 220 cm³/mol. The van der Waals surface area contributed by atoms with Crippen molar-refractivity contribution in [3.8, 4) is 0 Å². The Hall–Kier alpha value is 8.29. The van der Waals surface area contributed by atoms with Crippen LogP contribution in [-0.2, 0) is 459 Å². The molecule has 2 aliphatic heterocycles. The third-order valence-corrected chi connectivity index (χ3v) is 3.25. The van der Waals surface area contributed by atoms with E-state index in [-0.39, 0.29) is 802 Å². The third kappa shape index (κ3) is 985. The minimum absolute atomic E-state index is 0. The molecule has 2 saturated heterocycles. The van der Waals surface area contributed by atoms with Crippen molar-refractivity contribution >= 4 is 58.6 Å². The zero-order valence-electron chi connectivity index (χ0n) is 54.3. The van der Waals surface area contributed by atoms with Crippen LogP contribution in [0.4, 0.5) is 0 Å². The monoisotopic (exact) mass is 2840 g/mol. The SMILES string of the molecule is NC(N)=[NH+]C(N)=[N+]1CCOCC1.NC(N)=[NH+]C(N)=[N+]1CCOCC1.O.O.O.O.O.O.O.O.O.O.O.O.O.O.O.O.O.O.O.O.[Al+3].[Al+3].[Cl-].[Mo].[Mo].[Mo].[Mo].[Mo].[Mo].[Mo].[Mo].[Mo].[Mo].[Mo].[Mo].[Na+].[Na+].[Na+].[Na+].[O-2].[O-2].[O-2].[O-2].[O-2].[O-2].[O-2].[O-2].[O-2].[O-2].[O-2].[O-2].[O-2].[O-2].[O-2].[O-2].[O-2].[O-2].[O-2].[O-2].[O-2].[O-2].[O-2].[O-2].[O-2].[O-2].[O-2].[O-2].[O-2].[O-2].[O-2].[O-2].[O-2].[O-2].[O-2].[O-2].[OH-].[OH-].[OH-].[OH-].[OH-].[OH-].[OH-].[OH-].[OH-].[OH-].[OH-].[OH-]. The number of nitrogens with zero attached hydrogens (tertiary/aromatic N) is 2. The van der Waals surface area contributed by atoms with Crippen molar-refractivity contribution in [1.82, 2.24) is 0 Å². The normalized spacial score (nSPS) is 3.71. The second kappa shape index (κ2) is 1110. The van der Waals surface area contributed by atoms with Gasteiger partial charge in [0.25, 0.3) is 0 Å². The molecule has 0 aromatic heterocycles. The first-order chi connectivity index (χ1) is 11.4. The van der Waals surface area contributed by atoms with E-state index in [4.69, 9.17) is 43.9 Å². The third-order valence-electron chi connectivity index (χ3n) is 3.25. The first-order valence-electron chi connectivity index (χ1n) is 7.60. The van der Waals surface area contributed by atoms with Crippen LogP contribution in [0.5, 0.6) is 0 Å². The van der Waals surface area contributed by atoms with Gasteiger partial charge in [0.05, 0.1) is 52.6 Å². The summed E-state index contributed by atoms with van der Waals surface area (Å²) in [5.74, 6) is 1.19. The van der Waals surface area contributed by atoms with Crippen molar-refractivity contribution in [2.75, 3.05) is 52.6 Å². The predicted octanol–water partition coefficient (Wildman–Crippen LogP) is -47.3. The smallest absolute Gasteiger partial charge is 2.00 e. The molecular formula is C12H82Al2ClMo12N10Na4O70-71. The maximum Gasteiger partial charge on any atom is 3.00 e. The van der Waals surface area contributed by atoms with E-state index in [1.165, 1.54) is 0 Å². The maximum atomic E-state index is 5.64. The molecular weight excluding hydrogens is 2740 g/mol. The number of ether oxygens (including phenoxy) is 2. The van der Waals surface area contributed by atoms with Gasteiger partial charge in [0.2, 0.25) is 0 Å². The van der Waals surface area contributed by atoms with E-state index in [0.29, 0.717) is 38.3 Å². The van der Waals surface area contributed by atoms with Gasteiger partial charge in [0.1, 0.15) is 0 Å². The quantitative estimate of drug-likeness (QED) is 0.0483. The maximum absolute atomic E-state index is 5.64. The van der Waals surface area contributed by atoms with Gasteiger partial charge in [-0.25, -0.2) is 9.15 Å². The topological polar surface area (TPSA) is 2220 Å². The molecule has 0 spiro atoms. The molecule has 0 radical (unpaired) electrons. The van der Waals surface area contributed by atoms with E-state index >= 15 is 0 Å². The molecule has 80 nitrogen and oxygen atoms in total. The van der Waals surface area contributed by atoms with Gasteiger partial charge in [0.15, 0.2) is 0 Å².